The normalized spacial score (nSPS) is 13.7. The summed E-state index contributed by atoms with van der Waals surface area (Å²) in [5.74, 6) is 0.730. The Hall–Kier alpha value is -3.98. The van der Waals surface area contributed by atoms with Crippen molar-refractivity contribution in [3.8, 4) is 21.9 Å². The van der Waals surface area contributed by atoms with Crippen LogP contribution in [0.4, 0.5) is 0 Å². The summed E-state index contributed by atoms with van der Waals surface area (Å²) >= 11 is 1.65. The van der Waals surface area contributed by atoms with Gasteiger partial charge in [-0.15, -0.1) is 11.3 Å². The third kappa shape index (κ3) is 5.94. The third-order valence-electron chi connectivity index (χ3n) is 7.04. The molecule has 1 fully saturated rings. The van der Waals surface area contributed by atoms with E-state index in [0.29, 0.717) is 40.3 Å². The van der Waals surface area contributed by atoms with Crippen LogP contribution in [-0.4, -0.2) is 70.2 Å². The number of rotatable bonds is 10. The molecule has 1 saturated heterocycles. The first-order valence-electron chi connectivity index (χ1n) is 13.2. The summed E-state index contributed by atoms with van der Waals surface area (Å²) in [6.45, 7) is 8.66. The zero-order valence-corrected chi connectivity index (χ0v) is 23.5. The minimum Gasteiger partial charge on any atom is -0.496 e. The molecule has 0 aliphatic carbocycles. The molecule has 206 valence electrons. The Balaban J connectivity index is 1.33. The summed E-state index contributed by atoms with van der Waals surface area (Å²) in [6, 6.07) is 20.6. The maximum absolute atomic E-state index is 13.5. The minimum absolute atomic E-state index is 0.170. The second-order valence-corrected chi connectivity index (χ2v) is 10.6. The first-order valence-corrected chi connectivity index (χ1v) is 14.0. The molecule has 1 N–H and O–H groups in total. The number of carbonyl (C=O) groups is 2. The van der Waals surface area contributed by atoms with Gasteiger partial charge < -0.3 is 19.5 Å². The molecule has 0 saturated carbocycles. The Kier molecular flexibility index (Phi) is 8.60. The predicted octanol–water partition coefficient (Wildman–Crippen LogP) is 5.54. The molecule has 2 heterocycles. The van der Waals surface area contributed by atoms with Crippen molar-refractivity contribution in [2.24, 2.45) is 0 Å². The number of morpholine rings is 1. The number of hydrogen-bond acceptors (Lipinski definition) is 7. The molecule has 0 unspecified atom stereocenters. The highest BCUT2D eigenvalue weighted by molar-refractivity contribution is 7.22. The van der Waals surface area contributed by atoms with Gasteiger partial charge in [-0.3, -0.25) is 14.5 Å². The van der Waals surface area contributed by atoms with Crippen molar-refractivity contribution in [3.05, 3.63) is 90.0 Å². The number of allylic oxidation sites excluding steroid dienone is 1. The monoisotopic (exact) mass is 556 g/mol. The van der Waals surface area contributed by atoms with Gasteiger partial charge in [0.1, 0.15) is 11.5 Å². The molecule has 0 bridgehead atoms. The van der Waals surface area contributed by atoms with Crippen LogP contribution in [0.5, 0.6) is 11.5 Å². The fraction of sp³-hybridized carbons (Fsp3) is 0.250. The van der Waals surface area contributed by atoms with Crippen molar-refractivity contribution in [3.63, 3.8) is 0 Å². The number of nitrogens with one attached hydrogen (secondary N) is 1. The largest absolute Gasteiger partial charge is 0.496 e. The summed E-state index contributed by atoms with van der Waals surface area (Å²) in [7, 11) is 3.17. The topological polar surface area (TPSA) is 77.1 Å². The molecule has 0 atom stereocenters. The highest BCUT2D eigenvalue weighted by Crippen LogP contribution is 2.43. The van der Waals surface area contributed by atoms with Gasteiger partial charge >= 0.3 is 0 Å². The smallest absolute Gasteiger partial charge is 0.251 e. The zero-order valence-electron chi connectivity index (χ0n) is 22.7. The molecular formula is C32H32N2O5S. The van der Waals surface area contributed by atoms with Crippen LogP contribution in [-0.2, 0) is 4.74 Å². The van der Waals surface area contributed by atoms with E-state index in [1.165, 1.54) is 0 Å². The molecule has 0 spiro atoms. The van der Waals surface area contributed by atoms with E-state index < -0.39 is 0 Å². The first-order chi connectivity index (χ1) is 19.5. The van der Waals surface area contributed by atoms with E-state index in [1.54, 1.807) is 55.9 Å². The van der Waals surface area contributed by atoms with Crippen molar-refractivity contribution in [1.29, 1.82) is 0 Å². The molecule has 8 heteroatoms. The lowest BCUT2D eigenvalue weighted by atomic mass is 9.94. The van der Waals surface area contributed by atoms with E-state index in [4.69, 9.17) is 14.2 Å². The number of fused-ring (bicyclic) bond motifs is 1. The standard InChI is InChI=1S/C32H32N2O5S/c1-21(31(35)22-8-10-23(11-9-22)32(36)33-12-13-34-14-16-39-17-15-34)25-19-26(28(38-3)20-27(25)37-2)30-18-24-6-4-5-7-29(24)40-30/h4-11,18-20H,1,12-17H2,2-3H3,(H,33,36). The van der Waals surface area contributed by atoms with Gasteiger partial charge in [-0.05, 0) is 35.7 Å². The van der Waals surface area contributed by atoms with Crippen molar-refractivity contribution >= 4 is 38.7 Å². The molecule has 1 amide bonds. The lowest BCUT2D eigenvalue weighted by molar-refractivity contribution is 0.0383. The first kappa shape index (κ1) is 27.6. The van der Waals surface area contributed by atoms with Crippen LogP contribution in [0.3, 0.4) is 0 Å². The summed E-state index contributed by atoms with van der Waals surface area (Å²) in [6.07, 6.45) is 0. The molecule has 7 nitrogen and oxygen atoms in total. The average molecular weight is 557 g/mol. The number of methoxy groups -OCH3 is 2. The second kappa shape index (κ2) is 12.5. The summed E-state index contributed by atoms with van der Waals surface area (Å²) in [4.78, 5) is 29.4. The minimum atomic E-state index is -0.245. The highest BCUT2D eigenvalue weighted by atomic mass is 32.1. The Labute approximate surface area is 238 Å². The average Bonchev–Trinajstić information content (AvgIpc) is 3.44. The number of thiophene rings is 1. The van der Waals surface area contributed by atoms with Crippen LogP contribution in [0, 0.1) is 0 Å². The van der Waals surface area contributed by atoms with Gasteiger partial charge in [0.15, 0.2) is 5.78 Å². The van der Waals surface area contributed by atoms with E-state index in [9.17, 15) is 9.59 Å². The van der Waals surface area contributed by atoms with Crippen molar-refractivity contribution in [2.45, 2.75) is 0 Å². The maximum atomic E-state index is 13.5. The molecule has 40 heavy (non-hydrogen) atoms. The number of amides is 1. The third-order valence-corrected chi connectivity index (χ3v) is 8.19. The van der Waals surface area contributed by atoms with Gasteiger partial charge in [-0.2, -0.15) is 0 Å². The Morgan fingerprint density at radius 1 is 0.950 bits per heavy atom. The second-order valence-electron chi connectivity index (χ2n) is 9.50. The van der Waals surface area contributed by atoms with Gasteiger partial charge in [0.2, 0.25) is 0 Å². The number of benzene rings is 3. The predicted molar refractivity (Wildman–Crippen MR) is 160 cm³/mol. The van der Waals surface area contributed by atoms with Crippen LogP contribution in [0.1, 0.15) is 26.3 Å². The van der Waals surface area contributed by atoms with E-state index in [0.717, 1.165) is 53.4 Å². The fourth-order valence-electron chi connectivity index (χ4n) is 4.77. The molecule has 1 aromatic heterocycles. The van der Waals surface area contributed by atoms with Gasteiger partial charge in [-0.1, -0.05) is 36.9 Å². The molecular weight excluding hydrogens is 524 g/mol. The van der Waals surface area contributed by atoms with Crippen LogP contribution >= 0.6 is 11.3 Å². The van der Waals surface area contributed by atoms with Crippen molar-refractivity contribution in [1.82, 2.24) is 10.2 Å². The van der Waals surface area contributed by atoms with E-state index in [2.05, 4.69) is 35.0 Å². The fourth-order valence-corrected chi connectivity index (χ4v) is 5.85. The van der Waals surface area contributed by atoms with Crippen molar-refractivity contribution in [2.75, 3.05) is 53.6 Å². The van der Waals surface area contributed by atoms with Crippen LogP contribution in [0.2, 0.25) is 0 Å². The van der Waals surface area contributed by atoms with Crippen molar-refractivity contribution < 1.29 is 23.8 Å². The number of hydrogen-bond donors (Lipinski definition) is 1. The van der Waals surface area contributed by atoms with E-state index in [1.807, 2.05) is 18.2 Å². The SMILES string of the molecule is C=C(C(=O)c1ccc(C(=O)NCCN2CCOCC2)cc1)c1cc(-c2cc3ccccc3s2)c(OC)cc1OC. The quantitative estimate of drug-likeness (QED) is 0.204. The van der Waals surface area contributed by atoms with E-state index in [-0.39, 0.29) is 11.7 Å². The van der Waals surface area contributed by atoms with E-state index >= 15 is 0 Å². The van der Waals surface area contributed by atoms with Crippen LogP contribution in [0.15, 0.2) is 73.3 Å². The Morgan fingerprint density at radius 3 is 2.35 bits per heavy atom. The molecule has 3 aromatic carbocycles. The Bertz CT molecular complexity index is 1500. The number of Topliss-reactive ketones (excluding diaryl/α,β-unsaturated/α-hetero) is 1. The molecule has 4 aromatic rings. The van der Waals surface area contributed by atoms with Crippen LogP contribution < -0.4 is 14.8 Å². The van der Waals surface area contributed by atoms with Gasteiger partial charge in [-0.25, -0.2) is 0 Å². The number of ether oxygens (including phenoxy) is 3. The lowest BCUT2D eigenvalue weighted by Crippen LogP contribution is -2.41. The zero-order chi connectivity index (χ0) is 28.1. The molecule has 0 radical (unpaired) electrons. The molecule has 1 aliphatic heterocycles. The summed E-state index contributed by atoms with van der Waals surface area (Å²) in [5, 5.41) is 4.09. The molecule has 5 rings (SSSR count). The highest BCUT2D eigenvalue weighted by Gasteiger charge is 2.21. The maximum Gasteiger partial charge on any atom is 0.251 e. The lowest BCUT2D eigenvalue weighted by Gasteiger charge is -2.26. The van der Waals surface area contributed by atoms with Gasteiger partial charge in [0.05, 0.1) is 27.4 Å². The Morgan fingerprint density at radius 2 is 1.65 bits per heavy atom. The molecule has 1 aliphatic rings. The van der Waals surface area contributed by atoms with Gasteiger partial charge in [0.25, 0.3) is 5.91 Å². The number of ketones is 1. The van der Waals surface area contributed by atoms with Crippen LogP contribution in [0.25, 0.3) is 26.1 Å². The summed E-state index contributed by atoms with van der Waals surface area (Å²) < 4.78 is 17.8. The number of carbonyl (C=O) groups excluding carboxylic acids is 2. The number of nitrogens with zero attached hydrogens (tertiary/aromatic N) is 1. The summed E-state index contributed by atoms with van der Waals surface area (Å²) in [5.41, 5.74) is 2.68. The van der Waals surface area contributed by atoms with Gasteiger partial charge in [0, 0.05) is 69.6 Å².